The number of allylic oxidation sites excluding steroid dienone is 2. The zero-order valence-corrected chi connectivity index (χ0v) is 20.6. The highest BCUT2D eigenvalue weighted by Crippen LogP contribution is 2.30. The number of rotatable bonds is 4. The predicted octanol–water partition coefficient (Wildman–Crippen LogP) is 4.84. The molecule has 36 heavy (non-hydrogen) atoms. The number of aromatic nitrogens is 1. The number of carbonyl (C=O) groups is 1. The average molecular weight is 489 g/mol. The first-order valence-electron chi connectivity index (χ1n) is 12.4. The first kappa shape index (κ1) is 23.9. The van der Waals surface area contributed by atoms with Crippen molar-refractivity contribution >= 4 is 23.4 Å². The number of fused-ring (bicyclic) bond motifs is 1. The van der Waals surface area contributed by atoms with Crippen LogP contribution in [0.2, 0.25) is 0 Å². The fourth-order valence-electron chi connectivity index (χ4n) is 5.33. The summed E-state index contributed by atoms with van der Waals surface area (Å²) in [5.41, 5.74) is 1.83. The van der Waals surface area contributed by atoms with E-state index in [2.05, 4.69) is 15.2 Å². The van der Waals surface area contributed by atoms with E-state index in [-0.39, 0.29) is 13.0 Å². The predicted molar refractivity (Wildman–Crippen MR) is 141 cm³/mol. The summed E-state index contributed by atoms with van der Waals surface area (Å²) in [7, 11) is 0. The Hall–Kier alpha value is -3.81. The molecule has 1 unspecified atom stereocenters. The van der Waals surface area contributed by atoms with Gasteiger partial charge in [0.05, 0.1) is 11.1 Å². The lowest BCUT2D eigenvalue weighted by molar-refractivity contribution is 0.0918. The van der Waals surface area contributed by atoms with Crippen LogP contribution < -0.4 is 10.2 Å². The van der Waals surface area contributed by atoms with E-state index in [0.717, 1.165) is 35.5 Å². The van der Waals surface area contributed by atoms with E-state index in [1.165, 1.54) is 6.07 Å². The van der Waals surface area contributed by atoms with Gasteiger partial charge in [-0.25, -0.2) is 9.37 Å². The van der Waals surface area contributed by atoms with E-state index < -0.39 is 17.3 Å². The molecule has 8 heteroatoms. The lowest BCUT2D eigenvalue weighted by Crippen LogP contribution is -2.47. The summed E-state index contributed by atoms with van der Waals surface area (Å²) < 4.78 is 15.0. The third-order valence-electron chi connectivity index (χ3n) is 7.31. The van der Waals surface area contributed by atoms with Gasteiger partial charge in [-0.1, -0.05) is 24.3 Å². The molecule has 2 aliphatic heterocycles. The summed E-state index contributed by atoms with van der Waals surface area (Å²) in [6, 6.07) is 9.02. The highest BCUT2D eigenvalue weighted by atomic mass is 19.1. The Balaban J connectivity index is 0.00000320. The number of hydrogen-bond acceptors (Lipinski definition) is 5. The smallest absolute Gasteiger partial charge is 0.254 e. The van der Waals surface area contributed by atoms with Crippen molar-refractivity contribution in [3.8, 4) is 0 Å². The van der Waals surface area contributed by atoms with Crippen molar-refractivity contribution in [2.45, 2.75) is 57.7 Å². The van der Waals surface area contributed by atoms with Gasteiger partial charge >= 0.3 is 0 Å². The van der Waals surface area contributed by atoms with Gasteiger partial charge in [0.2, 0.25) is 0 Å². The normalized spacial score (nSPS) is 23.4. The molecular weight excluding hydrogens is 455 g/mol. The van der Waals surface area contributed by atoms with E-state index in [9.17, 15) is 4.79 Å². The molecule has 1 aromatic heterocycles. The molecular formula is C28H33FN6O. The first-order chi connectivity index (χ1) is 17.2. The zero-order chi connectivity index (χ0) is 25.4. The van der Waals surface area contributed by atoms with Gasteiger partial charge in [-0.05, 0) is 67.7 Å². The molecule has 3 aliphatic rings. The third-order valence-corrected chi connectivity index (χ3v) is 7.31. The topological polar surface area (TPSA) is 96.2 Å². The molecule has 188 valence electrons. The van der Waals surface area contributed by atoms with Crippen molar-refractivity contribution in [1.29, 1.82) is 10.8 Å². The number of amides is 1. The van der Waals surface area contributed by atoms with Gasteiger partial charge in [-0.3, -0.25) is 15.6 Å². The molecule has 1 saturated heterocycles. The van der Waals surface area contributed by atoms with Crippen LogP contribution in [0.3, 0.4) is 0 Å². The molecule has 0 radical (unpaired) electrons. The number of likely N-dealkylation sites (tertiary alicyclic amines) is 1. The van der Waals surface area contributed by atoms with Gasteiger partial charge in [-0.15, -0.1) is 0 Å². The largest absolute Gasteiger partial charge is 0.352 e. The van der Waals surface area contributed by atoms with Crippen molar-refractivity contribution < 1.29 is 10.6 Å². The summed E-state index contributed by atoms with van der Waals surface area (Å²) in [6.07, 6.45) is 9.91. The van der Waals surface area contributed by atoms with Crippen LogP contribution in [0.5, 0.6) is 0 Å². The number of hydrogen-bond donors (Lipinski definition) is 3. The van der Waals surface area contributed by atoms with Crippen LogP contribution in [-0.4, -0.2) is 45.6 Å². The van der Waals surface area contributed by atoms with E-state index >= 15 is 4.39 Å². The molecule has 1 aromatic carbocycles. The molecule has 0 bridgehead atoms. The number of nitrogens with zero attached hydrogens (tertiary/aromatic N) is 3. The molecule has 3 heterocycles. The standard InChI is InChI=1S/C28H31FN6O.H2/c1-18-8-9-24(30)35(18)26(31)20-6-5-11-28(2,16-20)33-27(36)22-14-21-17-34(25-7-3-4-12-32-25)13-10-19(21)15-23(22)29;/h3-7,11-12,14-15,18,30-31H,8-10,13,16-17H2,1-2H3,(H,33,36);1H/t18-,28?;/m0./s1. The number of anilines is 1. The minimum Gasteiger partial charge on any atom is -0.352 e. The molecule has 3 N–H and O–H groups in total. The molecule has 1 amide bonds. The summed E-state index contributed by atoms with van der Waals surface area (Å²) >= 11 is 0. The molecule has 7 nitrogen and oxygen atoms in total. The van der Waals surface area contributed by atoms with Gasteiger partial charge in [0, 0.05) is 39.6 Å². The second-order valence-corrected chi connectivity index (χ2v) is 10.1. The van der Waals surface area contributed by atoms with Gasteiger partial charge in [0.15, 0.2) is 0 Å². The Bertz CT molecular complexity index is 1290. The van der Waals surface area contributed by atoms with Crippen LogP contribution in [0.4, 0.5) is 10.2 Å². The monoisotopic (exact) mass is 488 g/mol. The van der Waals surface area contributed by atoms with E-state index in [4.69, 9.17) is 10.8 Å². The minimum atomic E-state index is -0.777. The maximum atomic E-state index is 15.0. The highest BCUT2D eigenvalue weighted by molar-refractivity contribution is 6.08. The number of carbonyl (C=O) groups excluding carboxylic acids is 1. The van der Waals surface area contributed by atoms with Crippen LogP contribution in [0.15, 0.2) is 60.3 Å². The Morgan fingerprint density at radius 2 is 2.11 bits per heavy atom. The Labute approximate surface area is 212 Å². The van der Waals surface area contributed by atoms with E-state index in [1.807, 2.05) is 50.3 Å². The molecule has 0 spiro atoms. The fraction of sp³-hybridized carbons (Fsp3) is 0.357. The Kier molecular flexibility index (Phi) is 6.20. The second kappa shape index (κ2) is 9.33. The van der Waals surface area contributed by atoms with Gasteiger partial charge in [-0.2, -0.15) is 0 Å². The second-order valence-electron chi connectivity index (χ2n) is 10.1. The lowest BCUT2D eigenvalue weighted by Gasteiger charge is -2.34. The summed E-state index contributed by atoms with van der Waals surface area (Å²) in [4.78, 5) is 21.6. The third kappa shape index (κ3) is 4.55. The van der Waals surface area contributed by atoms with Crippen LogP contribution in [0, 0.1) is 16.6 Å². The highest BCUT2D eigenvalue weighted by Gasteiger charge is 2.34. The number of amidine groups is 2. The van der Waals surface area contributed by atoms with Crippen molar-refractivity contribution in [1.82, 2.24) is 15.2 Å². The zero-order valence-electron chi connectivity index (χ0n) is 20.6. The maximum absolute atomic E-state index is 15.0. The Morgan fingerprint density at radius 1 is 1.28 bits per heavy atom. The average Bonchev–Trinajstić information content (AvgIpc) is 3.20. The summed E-state index contributed by atoms with van der Waals surface area (Å²) in [5.74, 6) is 0.603. The quantitative estimate of drug-likeness (QED) is 0.424. The van der Waals surface area contributed by atoms with Gasteiger partial charge < -0.3 is 15.1 Å². The number of benzene rings is 1. The van der Waals surface area contributed by atoms with Crippen LogP contribution in [-0.2, 0) is 13.0 Å². The number of nitrogens with one attached hydrogen (secondary N) is 3. The molecule has 1 fully saturated rings. The van der Waals surface area contributed by atoms with Crippen LogP contribution >= 0.6 is 0 Å². The summed E-state index contributed by atoms with van der Waals surface area (Å²) in [6.45, 7) is 5.20. The van der Waals surface area contributed by atoms with Crippen molar-refractivity contribution in [2.75, 3.05) is 11.4 Å². The van der Waals surface area contributed by atoms with E-state index in [0.29, 0.717) is 37.5 Å². The summed E-state index contributed by atoms with van der Waals surface area (Å²) in [5, 5.41) is 19.9. The van der Waals surface area contributed by atoms with Gasteiger partial charge in [0.25, 0.3) is 5.91 Å². The van der Waals surface area contributed by atoms with Crippen molar-refractivity contribution in [3.63, 3.8) is 0 Å². The molecule has 5 rings (SSSR count). The number of halogens is 1. The van der Waals surface area contributed by atoms with Crippen LogP contribution in [0.1, 0.15) is 56.0 Å². The molecule has 2 aromatic rings. The minimum absolute atomic E-state index is 0. The molecule has 1 aliphatic carbocycles. The SMILES string of the molecule is C[C@H]1CCC(=N)N1C(=N)C1=CC=CC(C)(NC(=O)c2cc3c(cc2F)CCN(c2ccccn2)C3)C1.[HH]. The first-order valence-corrected chi connectivity index (χ1v) is 12.4. The molecule has 2 atom stereocenters. The fourth-order valence-corrected chi connectivity index (χ4v) is 5.33. The molecule has 0 saturated carbocycles. The lowest BCUT2D eigenvalue weighted by atomic mass is 9.86. The van der Waals surface area contributed by atoms with Gasteiger partial charge in [0.1, 0.15) is 23.3 Å². The maximum Gasteiger partial charge on any atom is 0.254 e. The number of pyridine rings is 1. The Morgan fingerprint density at radius 3 is 2.83 bits per heavy atom. The van der Waals surface area contributed by atoms with E-state index in [1.54, 1.807) is 17.2 Å². The van der Waals surface area contributed by atoms with Crippen molar-refractivity contribution in [3.05, 3.63) is 82.8 Å². The van der Waals surface area contributed by atoms with Crippen LogP contribution in [0.25, 0.3) is 0 Å². The van der Waals surface area contributed by atoms with Crippen molar-refractivity contribution in [2.24, 2.45) is 0 Å².